The highest BCUT2D eigenvalue weighted by molar-refractivity contribution is 7.13. The van der Waals surface area contributed by atoms with Gasteiger partial charge in [0, 0.05) is 13.0 Å². The number of hydrogen-bond donors (Lipinski definition) is 1. The van der Waals surface area contributed by atoms with Crippen LogP contribution in [-0.2, 0) is 17.6 Å². The fraction of sp³-hybridized carbons (Fsp3) is 0.350. The SMILES string of the molecule is Cc1ccc(CC(=O)NCCCCCc2nc(-c3cccs3)no2)cc1. The first kappa shape index (κ1) is 18.3. The van der Waals surface area contributed by atoms with Crippen molar-refractivity contribution in [2.45, 2.75) is 39.0 Å². The first-order chi connectivity index (χ1) is 12.7. The van der Waals surface area contributed by atoms with E-state index in [0.717, 1.165) is 36.1 Å². The Morgan fingerprint density at radius 1 is 1.15 bits per heavy atom. The van der Waals surface area contributed by atoms with E-state index in [2.05, 4.69) is 15.5 Å². The number of thiophene rings is 1. The van der Waals surface area contributed by atoms with Gasteiger partial charge in [0.15, 0.2) is 0 Å². The largest absolute Gasteiger partial charge is 0.356 e. The Hall–Kier alpha value is -2.47. The lowest BCUT2D eigenvalue weighted by atomic mass is 10.1. The van der Waals surface area contributed by atoms with Crippen molar-refractivity contribution in [1.29, 1.82) is 0 Å². The predicted molar refractivity (Wildman–Crippen MR) is 103 cm³/mol. The maximum Gasteiger partial charge on any atom is 0.226 e. The summed E-state index contributed by atoms with van der Waals surface area (Å²) in [7, 11) is 0. The van der Waals surface area contributed by atoms with Crippen LogP contribution in [-0.4, -0.2) is 22.6 Å². The van der Waals surface area contributed by atoms with E-state index in [0.29, 0.717) is 24.7 Å². The Morgan fingerprint density at radius 3 is 2.77 bits per heavy atom. The number of carbonyl (C=O) groups excluding carboxylic acids is 1. The standard InChI is InChI=1S/C20H23N3O2S/c1-15-8-10-16(11-9-15)14-18(24)21-12-4-2-3-7-19-22-20(23-25-19)17-6-5-13-26-17/h5-6,8-11,13H,2-4,7,12,14H2,1H3,(H,21,24). The van der Waals surface area contributed by atoms with Gasteiger partial charge < -0.3 is 9.84 Å². The van der Waals surface area contributed by atoms with Gasteiger partial charge in [0.05, 0.1) is 11.3 Å². The summed E-state index contributed by atoms with van der Waals surface area (Å²) in [5.41, 5.74) is 2.25. The number of nitrogens with zero attached hydrogens (tertiary/aromatic N) is 2. The zero-order chi connectivity index (χ0) is 18.2. The molecule has 1 aromatic carbocycles. The van der Waals surface area contributed by atoms with E-state index in [4.69, 9.17) is 4.52 Å². The molecule has 5 nitrogen and oxygen atoms in total. The molecule has 2 aromatic heterocycles. The Labute approximate surface area is 157 Å². The van der Waals surface area contributed by atoms with Crippen LogP contribution in [0, 0.1) is 6.92 Å². The van der Waals surface area contributed by atoms with E-state index in [1.807, 2.05) is 48.7 Å². The highest BCUT2D eigenvalue weighted by Crippen LogP contribution is 2.21. The minimum absolute atomic E-state index is 0.0753. The number of carbonyl (C=O) groups is 1. The molecule has 136 valence electrons. The van der Waals surface area contributed by atoms with Crippen molar-refractivity contribution in [3.63, 3.8) is 0 Å². The summed E-state index contributed by atoms with van der Waals surface area (Å²) in [4.78, 5) is 17.4. The van der Waals surface area contributed by atoms with Crippen LogP contribution in [0.15, 0.2) is 46.3 Å². The first-order valence-corrected chi connectivity index (χ1v) is 9.77. The molecule has 0 saturated carbocycles. The number of aryl methyl sites for hydroxylation is 2. The van der Waals surface area contributed by atoms with E-state index in [1.165, 1.54) is 5.56 Å². The summed E-state index contributed by atoms with van der Waals surface area (Å²) < 4.78 is 5.28. The maximum absolute atomic E-state index is 11.9. The highest BCUT2D eigenvalue weighted by Gasteiger charge is 2.09. The molecule has 0 bridgehead atoms. The third-order valence-corrected chi connectivity index (χ3v) is 4.95. The molecule has 1 amide bonds. The second kappa shape index (κ2) is 9.29. The molecule has 6 heteroatoms. The van der Waals surface area contributed by atoms with Gasteiger partial charge in [0.1, 0.15) is 0 Å². The number of rotatable bonds is 9. The second-order valence-corrected chi connectivity index (χ2v) is 7.26. The predicted octanol–water partition coefficient (Wildman–Crippen LogP) is 4.18. The molecular formula is C20H23N3O2S. The molecule has 0 unspecified atom stereocenters. The zero-order valence-corrected chi connectivity index (χ0v) is 15.7. The van der Waals surface area contributed by atoms with Crippen molar-refractivity contribution in [3.05, 3.63) is 58.8 Å². The van der Waals surface area contributed by atoms with E-state index in [-0.39, 0.29) is 5.91 Å². The molecule has 3 aromatic rings. The third-order valence-electron chi connectivity index (χ3n) is 4.08. The summed E-state index contributed by atoms with van der Waals surface area (Å²) in [5.74, 6) is 1.42. The van der Waals surface area contributed by atoms with Crippen LogP contribution < -0.4 is 5.32 Å². The molecule has 0 atom stereocenters. The van der Waals surface area contributed by atoms with E-state index < -0.39 is 0 Å². The lowest BCUT2D eigenvalue weighted by molar-refractivity contribution is -0.120. The van der Waals surface area contributed by atoms with E-state index >= 15 is 0 Å². The van der Waals surface area contributed by atoms with Crippen LogP contribution in [0.25, 0.3) is 10.7 Å². The van der Waals surface area contributed by atoms with Crippen molar-refractivity contribution in [2.24, 2.45) is 0 Å². The zero-order valence-electron chi connectivity index (χ0n) is 14.9. The topological polar surface area (TPSA) is 68.0 Å². The lowest BCUT2D eigenvalue weighted by Crippen LogP contribution is -2.26. The van der Waals surface area contributed by atoms with Crippen molar-refractivity contribution in [2.75, 3.05) is 6.54 Å². The van der Waals surface area contributed by atoms with Crippen molar-refractivity contribution < 1.29 is 9.32 Å². The Bertz CT molecular complexity index is 810. The van der Waals surface area contributed by atoms with Gasteiger partial charge in [-0.2, -0.15) is 4.98 Å². The molecule has 0 fully saturated rings. The smallest absolute Gasteiger partial charge is 0.226 e. The fourth-order valence-electron chi connectivity index (χ4n) is 2.62. The Morgan fingerprint density at radius 2 is 2.00 bits per heavy atom. The lowest BCUT2D eigenvalue weighted by Gasteiger charge is -2.05. The van der Waals surface area contributed by atoms with Gasteiger partial charge in [-0.1, -0.05) is 47.5 Å². The number of aromatic nitrogens is 2. The number of amides is 1. The molecule has 0 saturated heterocycles. The van der Waals surface area contributed by atoms with Crippen LogP contribution in [0.5, 0.6) is 0 Å². The number of unbranched alkanes of at least 4 members (excludes halogenated alkanes) is 2. The van der Waals surface area contributed by atoms with E-state index in [9.17, 15) is 4.79 Å². The second-order valence-electron chi connectivity index (χ2n) is 6.31. The minimum Gasteiger partial charge on any atom is -0.356 e. The molecule has 3 rings (SSSR count). The van der Waals surface area contributed by atoms with Gasteiger partial charge in [0.2, 0.25) is 17.6 Å². The molecule has 0 aliphatic heterocycles. The van der Waals surface area contributed by atoms with Gasteiger partial charge in [0.25, 0.3) is 0 Å². The average Bonchev–Trinajstić information content (AvgIpc) is 3.31. The molecule has 1 N–H and O–H groups in total. The number of nitrogens with one attached hydrogen (secondary N) is 1. The molecule has 0 aliphatic rings. The Kier molecular flexibility index (Phi) is 6.55. The molecule has 2 heterocycles. The van der Waals surface area contributed by atoms with Gasteiger partial charge >= 0.3 is 0 Å². The van der Waals surface area contributed by atoms with Gasteiger partial charge in [-0.05, 0) is 36.8 Å². The number of benzene rings is 1. The normalized spacial score (nSPS) is 10.8. The fourth-order valence-corrected chi connectivity index (χ4v) is 3.27. The van der Waals surface area contributed by atoms with Crippen molar-refractivity contribution in [3.8, 4) is 10.7 Å². The van der Waals surface area contributed by atoms with Crippen LogP contribution in [0.4, 0.5) is 0 Å². The van der Waals surface area contributed by atoms with Gasteiger partial charge in [-0.15, -0.1) is 11.3 Å². The summed E-state index contributed by atoms with van der Waals surface area (Å²) >= 11 is 1.60. The van der Waals surface area contributed by atoms with Crippen molar-refractivity contribution in [1.82, 2.24) is 15.5 Å². The minimum atomic E-state index is 0.0753. The van der Waals surface area contributed by atoms with Crippen LogP contribution in [0.1, 0.15) is 36.3 Å². The average molecular weight is 369 g/mol. The van der Waals surface area contributed by atoms with Crippen LogP contribution in [0.3, 0.4) is 0 Å². The Balaban J connectivity index is 1.28. The van der Waals surface area contributed by atoms with Crippen LogP contribution >= 0.6 is 11.3 Å². The van der Waals surface area contributed by atoms with Crippen LogP contribution in [0.2, 0.25) is 0 Å². The van der Waals surface area contributed by atoms with Gasteiger partial charge in [-0.25, -0.2) is 0 Å². The van der Waals surface area contributed by atoms with Gasteiger partial charge in [-0.3, -0.25) is 4.79 Å². The quantitative estimate of drug-likeness (QED) is 0.575. The maximum atomic E-state index is 11.9. The number of hydrogen-bond acceptors (Lipinski definition) is 5. The monoisotopic (exact) mass is 369 g/mol. The van der Waals surface area contributed by atoms with Crippen molar-refractivity contribution >= 4 is 17.2 Å². The summed E-state index contributed by atoms with van der Waals surface area (Å²) in [6, 6.07) is 12.0. The summed E-state index contributed by atoms with van der Waals surface area (Å²) in [6.45, 7) is 2.75. The molecule has 26 heavy (non-hydrogen) atoms. The molecule has 0 aliphatic carbocycles. The summed E-state index contributed by atoms with van der Waals surface area (Å²) in [6.07, 6.45) is 4.15. The first-order valence-electron chi connectivity index (χ1n) is 8.89. The molecular weight excluding hydrogens is 346 g/mol. The summed E-state index contributed by atoms with van der Waals surface area (Å²) in [5, 5.41) is 8.99. The highest BCUT2D eigenvalue weighted by atomic mass is 32.1. The third kappa shape index (κ3) is 5.52. The molecule has 0 radical (unpaired) electrons. The van der Waals surface area contributed by atoms with E-state index in [1.54, 1.807) is 11.3 Å². The molecule has 0 spiro atoms.